The maximum absolute atomic E-state index is 13.2. The molecule has 1 fully saturated rings. The summed E-state index contributed by atoms with van der Waals surface area (Å²) in [6, 6.07) is 22.2. The number of aryl methyl sites for hydroxylation is 1. The second-order valence-corrected chi connectivity index (χ2v) is 10.2. The molecule has 0 atom stereocenters. The van der Waals surface area contributed by atoms with E-state index in [2.05, 4.69) is 53.4 Å². The average molecular weight is 549 g/mol. The van der Waals surface area contributed by atoms with Crippen LogP contribution in [0.2, 0.25) is 0 Å². The van der Waals surface area contributed by atoms with E-state index >= 15 is 0 Å². The second kappa shape index (κ2) is 13.5. The van der Waals surface area contributed by atoms with Crippen LogP contribution in [0.5, 0.6) is 11.5 Å². The molecule has 4 N–H and O–H groups in total. The van der Waals surface area contributed by atoms with Gasteiger partial charge in [0.2, 0.25) is 6.79 Å². The van der Waals surface area contributed by atoms with E-state index < -0.39 is 0 Å². The first-order valence-corrected chi connectivity index (χ1v) is 13.3. The molecule has 2 heterocycles. The molecule has 1 saturated carbocycles. The molecule has 1 aromatic heterocycles. The zero-order chi connectivity index (χ0) is 25.7. The third-order valence-corrected chi connectivity index (χ3v) is 7.33. The molecular formula is C31H36N2O5S. The Bertz CT molecular complexity index is 1350. The van der Waals surface area contributed by atoms with E-state index in [1.165, 1.54) is 12.8 Å². The van der Waals surface area contributed by atoms with Gasteiger partial charge in [-0.1, -0.05) is 55.8 Å². The summed E-state index contributed by atoms with van der Waals surface area (Å²) in [4.78, 5) is 18.1. The fourth-order valence-electron chi connectivity index (χ4n) is 4.68. The van der Waals surface area contributed by atoms with Gasteiger partial charge in [-0.25, -0.2) is 4.98 Å². The largest absolute Gasteiger partial charge is 0.454 e. The Morgan fingerprint density at radius 3 is 2.44 bits per heavy atom. The van der Waals surface area contributed by atoms with Crippen LogP contribution in [0.25, 0.3) is 11.1 Å². The van der Waals surface area contributed by atoms with Crippen molar-refractivity contribution in [3.05, 3.63) is 96.6 Å². The second-order valence-electron chi connectivity index (χ2n) is 9.65. The number of rotatable bonds is 8. The third-order valence-electron chi connectivity index (χ3n) is 7.03. The summed E-state index contributed by atoms with van der Waals surface area (Å²) in [7, 11) is 0. The maximum atomic E-state index is 13.2. The number of ether oxygens (including phenoxy) is 2. The topological polar surface area (TPSA) is 116 Å². The summed E-state index contributed by atoms with van der Waals surface area (Å²) in [6.07, 6.45) is 10.4. The number of ketones is 1. The van der Waals surface area contributed by atoms with Crippen LogP contribution in [-0.4, -0.2) is 33.1 Å². The molecule has 0 spiro atoms. The highest BCUT2D eigenvalue weighted by Gasteiger charge is 2.50. The molecule has 1 aliphatic carbocycles. The van der Waals surface area contributed by atoms with Crippen LogP contribution in [-0.2, 0) is 23.2 Å². The number of imidazole rings is 1. The minimum absolute atomic E-state index is 0. The van der Waals surface area contributed by atoms with Crippen LogP contribution in [0.4, 0.5) is 0 Å². The van der Waals surface area contributed by atoms with Crippen LogP contribution in [0, 0.1) is 0 Å². The SMILES string of the molecule is CCCCn1ccnc1.O.O.O=C(Cc1cccc(-c2ccc(S)cc2)c1)C1(c2ccc3c(c2)OCO3)CC1. The Morgan fingerprint density at radius 2 is 1.74 bits per heavy atom. The number of hydrogen-bond acceptors (Lipinski definition) is 5. The fraction of sp³-hybridized carbons (Fsp3) is 0.290. The number of fused-ring (bicyclic) bond motifs is 1. The average Bonchev–Trinajstić information content (AvgIpc) is 3.32. The summed E-state index contributed by atoms with van der Waals surface area (Å²) >= 11 is 4.35. The molecule has 8 heteroatoms. The highest BCUT2D eigenvalue weighted by Crippen LogP contribution is 2.51. The predicted molar refractivity (Wildman–Crippen MR) is 156 cm³/mol. The summed E-state index contributed by atoms with van der Waals surface area (Å²) in [5.41, 5.74) is 3.97. The van der Waals surface area contributed by atoms with Crippen LogP contribution in [0.3, 0.4) is 0 Å². The molecule has 4 aromatic rings. The van der Waals surface area contributed by atoms with Gasteiger partial charge < -0.3 is 25.0 Å². The lowest BCUT2D eigenvalue weighted by Crippen LogP contribution is -2.22. The quantitative estimate of drug-likeness (QED) is 0.303. The Balaban J connectivity index is 0.000000329. The predicted octanol–water partition coefficient (Wildman–Crippen LogP) is 5.25. The molecule has 7 nitrogen and oxygen atoms in total. The Kier molecular flexibility index (Phi) is 10.3. The number of nitrogens with zero attached hydrogens (tertiary/aromatic N) is 2. The van der Waals surface area contributed by atoms with Crippen molar-refractivity contribution in [3.8, 4) is 22.6 Å². The first-order chi connectivity index (χ1) is 18.1. The summed E-state index contributed by atoms with van der Waals surface area (Å²) in [5.74, 6) is 1.77. The van der Waals surface area contributed by atoms with Gasteiger partial charge in [0.15, 0.2) is 11.5 Å². The molecule has 0 unspecified atom stereocenters. The molecule has 0 bridgehead atoms. The Hall–Kier alpha value is -3.59. The van der Waals surface area contributed by atoms with Gasteiger partial charge in [0, 0.05) is 30.3 Å². The maximum Gasteiger partial charge on any atom is 0.231 e. The van der Waals surface area contributed by atoms with E-state index in [0.29, 0.717) is 6.42 Å². The molecule has 6 rings (SSSR count). The van der Waals surface area contributed by atoms with Gasteiger partial charge in [-0.15, -0.1) is 12.6 Å². The molecule has 0 saturated heterocycles. The number of Topliss-reactive ketones (excluding diaryl/α,β-unsaturated/α-hetero) is 1. The standard InChI is InChI=1S/C24H20O3S.C7H12N2.2H2O/c25-23(24(10-11-24)19-6-9-21-22(14-19)27-15-26-21)13-16-2-1-3-18(12-16)17-4-7-20(28)8-5-17;1-2-3-5-9-6-4-8-7-9;;/h1-9,12,14,28H,10-11,13,15H2;4,6-7H,2-3,5H2,1H3;2*1H2. The normalized spacial score (nSPS) is 13.8. The molecule has 2 aliphatic rings. The van der Waals surface area contributed by atoms with E-state index in [4.69, 9.17) is 9.47 Å². The molecule has 0 radical (unpaired) electrons. The van der Waals surface area contributed by atoms with Gasteiger partial charge in [-0.2, -0.15) is 0 Å². The number of thiol groups is 1. The number of carbonyl (C=O) groups excluding carboxylic acids is 1. The van der Waals surface area contributed by atoms with Crippen LogP contribution < -0.4 is 9.47 Å². The van der Waals surface area contributed by atoms with Gasteiger partial charge in [0.25, 0.3) is 0 Å². The number of carbonyl (C=O) groups is 1. The molecular weight excluding hydrogens is 512 g/mol. The van der Waals surface area contributed by atoms with Gasteiger partial charge in [-0.3, -0.25) is 4.79 Å². The number of unbranched alkanes of at least 4 members (excludes halogenated alkanes) is 1. The van der Waals surface area contributed by atoms with E-state index in [0.717, 1.165) is 58.0 Å². The van der Waals surface area contributed by atoms with Crippen molar-refractivity contribution in [2.45, 2.75) is 55.9 Å². The van der Waals surface area contributed by atoms with Crippen molar-refractivity contribution in [1.29, 1.82) is 0 Å². The molecule has 0 amide bonds. The number of benzene rings is 3. The monoisotopic (exact) mass is 548 g/mol. The smallest absolute Gasteiger partial charge is 0.231 e. The highest BCUT2D eigenvalue weighted by atomic mass is 32.1. The molecule has 39 heavy (non-hydrogen) atoms. The van der Waals surface area contributed by atoms with E-state index in [-0.39, 0.29) is 28.9 Å². The molecule has 206 valence electrons. The van der Waals surface area contributed by atoms with E-state index in [1.54, 1.807) is 0 Å². The number of aromatic nitrogens is 2. The van der Waals surface area contributed by atoms with Crippen LogP contribution in [0.15, 0.2) is 90.3 Å². The van der Waals surface area contributed by atoms with Crippen molar-refractivity contribution in [2.24, 2.45) is 0 Å². The van der Waals surface area contributed by atoms with Crippen molar-refractivity contribution in [2.75, 3.05) is 6.79 Å². The van der Waals surface area contributed by atoms with Crippen molar-refractivity contribution >= 4 is 18.4 Å². The lowest BCUT2D eigenvalue weighted by Gasteiger charge is -2.15. The molecule has 1 aliphatic heterocycles. The Morgan fingerprint density at radius 1 is 0.974 bits per heavy atom. The van der Waals surface area contributed by atoms with Gasteiger partial charge in [0.1, 0.15) is 5.78 Å². The summed E-state index contributed by atoms with van der Waals surface area (Å²) < 4.78 is 13.0. The first-order valence-electron chi connectivity index (χ1n) is 12.8. The molecule has 3 aromatic carbocycles. The van der Waals surface area contributed by atoms with Crippen molar-refractivity contribution < 1.29 is 25.2 Å². The Labute approximate surface area is 234 Å². The lowest BCUT2D eigenvalue weighted by atomic mass is 9.87. The van der Waals surface area contributed by atoms with Gasteiger partial charge >= 0.3 is 0 Å². The summed E-state index contributed by atoms with van der Waals surface area (Å²) in [6.45, 7) is 3.55. The van der Waals surface area contributed by atoms with Crippen LogP contribution in [0.1, 0.15) is 43.7 Å². The van der Waals surface area contributed by atoms with E-state index in [1.807, 2.05) is 61.2 Å². The van der Waals surface area contributed by atoms with Crippen molar-refractivity contribution in [3.63, 3.8) is 0 Å². The van der Waals surface area contributed by atoms with E-state index in [9.17, 15) is 4.79 Å². The summed E-state index contributed by atoms with van der Waals surface area (Å²) in [5, 5.41) is 0. The number of hydrogen-bond donors (Lipinski definition) is 1. The lowest BCUT2D eigenvalue weighted by molar-refractivity contribution is -0.120. The van der Waals surface area contributed by atoms with Crippen molar-refractivity contribution in [1.82, 2.24) is 9.55 Å². The van der Waals surface area contributed by atoms with Gasteiger partial charge in [-0.05, 0) is 65.8 Å². The third kappa shape index (κ3) is 7.09. The van der Waals surface area contributed by atoms with Gasteiger partial charge in [0.05, 0.1) is 11.7 Å². The zero-order valence-electron chi connectivity index (χ0n) is 22.1. The minimum Gasteiger partial charge on any atom is -0.454 e. The fourth-order valence-corrected chi connectivity index (χ4v) is 4.83. The highest BCUT2D eigenvalue weighted by molar-refractivity contribution is 7.80. The van der Waals surface area contributed by atoms with Crippen LogP contribution >= 0.6 is 12.6 Å². The minimum atomic E-state index is -0.370. The zero-order valence-corrected chi connectivity index (χ0v) is 23.0. The first kappa shape index (κ1) is 30.0.